The molecule has 2 radical (unpaired) electrons. The highest BCUT2D eigenvalue weighted by Crippen LogP contribution is 2.29. The largest absolute Gasteiger partial charge is 0.428 e. The average molecular weight is 326 g/mol. The van der Waals surface area contributed by atoms with Gasteiger partial charge in [-0.2, -0.15) is 5.26 Å². The van der Waals surface area contributed by atoms with Gasteiger partial charge in [0, 0.05) is 30.1 Å². The van der Waals surface area contributed by atoms with Gasteiger partial charge in [0.25, 0.3) is 0 Å². The Morgan fingerprint density at radius 3 is 2.87 bits per heavy atom. The van der Waals surface area contributed by atoms with Gasteiger partial charge < -0.3 is 4.74 Å². The molecule has 2 rings (SSSR count). The van der Waals surface area contributed by atoms with Crippen molar-refractivity contribution >= 4 is 35.9 Å². The predicted molar refractivity (Wildman–Crippen MR) is 89.9 cm³/mol. The molecule has 0 aliphatic heterocycles. The number of thiazole rings is 1. The molecule has 0 saturated carbocycles. The minimum Gasteiger partial charge on any atom is -0.428 e. The fourth-order valence-corrected chi connectivity index (χ4v) is 2.81. The highest BCUT2D eigenvalue weighted by Gasteiger charge is 2.28. The van der Waals surface area contributed by atoms with E-state index in [9.17, 15) is 4.79 Å². The third-order valence-corrected chi connectivity index (χ3v) is 4.08. The second kappa shape index (κ2) is 6.79. The standard InChI is InChI=1S/C15H15BN4O2S/c1-4-20(14(21)22-15(2,3)9-17)13-11(16)19-12(23-13)10-6-5-7-18-8-10/h5-8H,4H2,1-3H3. The number of rotatable bonds is 4. The van der Waals surface area contributed by atoms with Crippen LogP contribution in [0.3, 0.4) is 0 Å². The molecule has 0 aliphatic rings. The second-order valence-electron chi connectivity index (χ2n) is 5.19. The summed E-state index contributed by atoms with van der Waals surface area (Å²) in [5.41, 5.74) is -0.157. The van der Waals surface area contributed by atoms with Gasteiger partial charge in [-0.3, -0.25) is 14.9 Å². The van der Waals surface area contributed by atoms with E-state index in [1.54, 1.807) is 25.4 Å². The average Bonchev–Trinajstić information content (AvgIpc) is 2.90. The molecule has 0 fully saturated rings. The summed E-state index contributed by atoms with van der Waals surface area (Å²) in [6.07, 6.45) is 2.71. The summed E-state index contributed by atoms with van der Waals surface area (Å²) in [4.78, 5) is 22.0. The van der Waals surface area contributed by atoms with Crippen LogP contribution in [0.4, 0.5) is 9.80 Å². The van der Waals surface area contributed by atoms with Gasteiger partial charge in [0.15, 0.2) is 5.60 Å². The van der Waals surface area contributed by atoms with E-state index in [-0.39, 0.29) is 5.59 Å². The third-order valence-electron chi connectivity index (χ3n) is 2.94. The second-order valence-corrected chi connectivity index (χ2v) is 6.16. The number of carbonyl (C=O) groups excluding carboxylic acids is 1. The van der Waals surface area contributed by atoms with E-state index in [4.69, 9.17) is 17.8 Å². The molecule has 2 aromatic rings. The van der Waals surface area contributed by atoms with Gasteiger partial charge >= 0.3 is 6.09 Å². The number of pyridine rings is 1. The Morgan fingerprint density at radius 2 is 2.30 bits per heavy atom. The van der Waals surface area contributed by atoms with Crippen LogP contribution in [0.25, 0.3) is 10.6 Å². The molecule has 0 aliphatic carbocycles. The maximum absolute atomic E-state index is 12.3. The molecule has 23 heavy (non-hydrogen) atoms. The van der Waals surface area contributed by atoms with Crippen LogP contribution in [0, 0.1) is 11.3 Å². The van der Waals surface area contributed by atoms with Crippen LogP contribution in [-0.4, -0.2) is 36.1 Å². The molecule has 0 aromatic carbocycles. The first-order chi connectivity index (χ1) is 10.9. The van der Waals surface area contributed by atoms with Crippen molar-refractivity contribution in [1.82, 2.24) is 9.97 Å². The van der Waals surface area contributed by atoms with Crippen LogP contribution in [0.5, 0.6) is 0 Å². The molecule has 6 nitrogen and oxygen atoms in total. The zero-order valence-electron chi connectivity index (χ0n) is 13.1. The quantitative estimate of drug-likeness (QED) is 0.805. The fraction of sp³-hybridized carbons (Fsp3) is 0.333. The minimum atomic E-state index is -1.21. The van der Waals surface area contributed by atoms with Gasteiger partial charge in [-0.1, -0.05) is 11.3 Å². The first kappa shape index (κ1) is 17.0. The number of anilines is 1. The highest BCUT2D eigenvalue weighted by atomic mass is 32.1. The third kappa shape index (κ3) is 3.87. The van der Waals surface area contributed by atoms with E-state index in [1.807, 2.05) is 12.1 Å². The topological polar surface area (TPSA) is 79.1 Å². The van der Waals surface area contributed by atoms with Crippen molar-refractivity contribution in [2.45, 2.75) is 26.4 Å². The molecule has 0 bridgehead atoms. The lowest BCUT2D eigenvalue weighted by Gasteiger charge is -2.24. The van der Waals surface area contributed by atoms with Crippen LogP contribution in [-0.2, 0) is 4.74 Å². The van der Waals surface area contributed by atoms with Crippen molar-refractivity contribution in [3.8, 4) is 16.6 Å². The minimum absolute atomic E-state index is 0.238. The molecule has 2 heterocycles. The first-order valence-electron chi connectivity index (χ1n) is 6.96. The Labute approximate surface area is 140 Å². The van der Waals surface area contributed by atoms with Gasteiger partial charge in [0.1, 0.15) is 23.9 Å². The van der Waals surface area contributed by atoms with Crippen LogP contribution in [0.1, 0.15) is 20.8 Å². The van der Waals surface area contributed by atoms with Crippen molar-refractivity contribution in [3.63, 3.8) is 0 Å². The molecule has 0 N–H and O–H groups in total. The Kier molecular flexibility index (Phi) is 5.01. The lowest BCUT2D eigenvalue weighted by Crippen LogP contribution is -2.39. The van der Waals surface area contributed by atoms with E-state index in [1.165, 1.54) is 30.1 Å². The van der Waals surface area contributed by atoms with Crippen LogP contribution < -0.4 is 10.5 Å². The Balaban J connectivity index is 2.31. The molecule has 2 aromatic heterocycles. The molecule has 8 heteroatoms. The molecular weight excluding hydrogens is 311 g/mol. The lowest BCUT2D eigenvalue weighted by molar-refractivity contribution is 0.0831. The molecule has 116 valence electrons. The smallest absolute Gasteiger partial charge is 0.416 e. The number of nitriles is 1. The van der Waals surface area contributed by atoms with Crippen LogP contribution in [0.15, 0.2) is 24.5 Å². The molecule has 1 amide bonds. The summed E-state index contributed by atoms with van der Waals surface area (Å²) in [5, 5.41) is 10.1. The van der Waals surface area contributed by atoms with E-state index in [0.29, 0.717) is 16.6 Å². The van der Waals surface area contributed by atoms with Gasteiger partial charge in [0.05, 0.1) is 0 Å². The zero-order valence-corrected chi connectivity index (χ0v) is 13.9. The number of aromatic nitrogens is 2. The molecule has 0 saturated heterocycles. The monoisotopic (exact) mass is 326 g/mol. The van der Waals surface area contributed by atoms with E-state index in [0.717, 1.165) is 5.56 Å². The number of amides is 1. The maximum Gasteiger partial charge on any atom is 0.416 e. The SMILES string of the molecule is [B]c1nc(-c2cccnc2)sc1N(CC)C(=O)OC(C)(C)C#N. The number of ether oxygens (including phenoxy) is 1. The molecule has 0 spiro atoms. The number of hydrogen-bond acceptors (Lipinski definition) is 6. The van der Waals surface area contributed by atoms with Gasteiger partial charge in [-0.25, -0.2) is 4.79 Å². The van der Waals surface area contributed by atoms with E-state index < -0.39 is 11.7 Å². The summed E-state index contributed by atoms with van der Waals surface area (Å²) in [7, 11) is 5.95. The maximum atomic E-state index is 12.3. The van der Waals surface area contributed by atoms with Crippen molar-refractivity contribution < 1.29 is 9.53 Å². The van der Waals surface area contributed by atoms with Crippen molar-refractivity contribution in [2.75, 3.05) is 11.4 Å². The van der Waals surface area contributed by atoms with E-state index in [2.05, 4.69) is 9.97 Å². The summed E-state index contributed by atoms with van der Waals surface area (Å²) < 4.78 is 5.20. The summed E-state index contributed by atoms with van der Waals surface area (Å²) in [5.74, 6) is 0. The number of nitrogens with zero attached hydrogens (tertiary/aromatic N) is 4. The zero-order chi connectivity index (χ0) is 17.0. The Morgan fingerprint density at radius 1 is 1.57 bits per heavy atom. The first-order valence-corrected chi connectivity index (χ1v) is 7.78. The molecular formula is C15H15BN4O2S. The fourth-order valence-electron chi connectivity index (χ4n) is 1.78. The highest BCUT2D eigenvalue weighted by molar-refractivity contribution is 7.20. The normalized spacial score (nSPS) is 10.9. The van der Waals surface area contributed by atoms with Crippen molar-refractivity contribution in [1.29, 1.82) is 5.26 Å². The molecule has 0 unspecified atom stereocenters. The predicted octanol–water partition coefficient (Wildman–Crippen LogP) is 2.26. The van der Waals surface area contributed by atoms with Gasteiger partial charge in [-0.15, -0.1) is 0 Å². The van der Waals surface area contributed by atoms with Crippen molar-refractivity contribution in [3.05, 3.63) is 24.5 Å². The van der Waals surface area contributed by atoms with Gasteiger partial charge in [0.2, 0.25) is 0 Å². The molecule has 0 atom stereocenters. The van der Waals surface area contributed by atoms with E-state index >= 15 is 0 Å². The van der Waals surface area contributed by atoms with Crippen LogP contribution in [0.2, 0.25) is 0 Å². The van der Waals surface area contributed by atoms with Gasteiger partial charge in [-0.05, 0) is 32.9 Å². The number of carbonyl (C=O) groups is 1. The summed E-state index contributed by atoms with van der Waals surface area (Å²) >= 11 is 1.27. The lowest BCUT2D eigenvalue weighted by atomic mass is 10.1. The summed E-state index contributed by atoms with van der Waals surface area (Å²) in [6.45, 7) is 5.19. The van der Waals surface area contributed by atoms with Crippen LogP contribution >= 0.6 is 11.3 Å². The Hall–Kier alpha value is -2.40. The van der Waals surface area contributed by atoms with Crippen molar-refractivity contribution in [2.24, 2.45) is 0 Å². The number of hydrogen-bond donors (Lipinski definition) is 0. The summed E-state index contributed by atoms with van der Waals surface area (Å²) in [6, 6.07) is 5.59. The Bertz CT molecular complexity index is 740.